The predicted octanol–water partition coefficient (Wildman–Crippen LogP) is 3.59. The summed E-state index contributed by atoms with van der Waals surface area (Å²) in [5.41, 5.74) is 0.997. The van der Waals surface area contributed by atoms with Crippen molar-refractivity contribution in [1.29, 1.82) is 0 Å². The van der Waals surface area contributed by atoms with E-state index in [1.807, 2.05) is 0 Å². The van der Waals surface area contributed by atoms with Crippen LogP contribution in [0.15, 0.2) is 60.0 Å². The molecule has 0 aromatic heterocycles. The number of benzene rings is 2. The summed E-state index contributed by atoms with van der Waals surface area (Å²) in [5.74, 6) is -0.564. The van der Waals surface area contributed by atoms with Crippen LogP contribution in [-0.2, 0) is 10.0 Å². The average Bonchev–Trinajstić information content (AvgIpc) is 2.67. The number of nitrogens with one attached hydrogen (secondary N) is 4. The minimum absolute atomic E-state index is 0.0225. The molecule has 2 aromatic carbocycles. The molecule has 2 rings (SSSR count). The third-order valence-corrected chi connectivity index (χ3v) is 5.68. The first-order valence-corrected chi connectivity index (χ1v) is 10.9. The first-order valence-electron chi connectivity index (χ1n) is 9.01. The van der Waals surface area contributed by atoms with E-state index in [2.05, 4.69) is 27.3 Å². The first kappa shape index (κ1) is 23.4. The van der Waals surface area contributed by atoms with E-state index in [0.29, 0.717) is 17.9 Å². The number of halogens is 1. The topological polar surface area (TPSA) is 116 Å². The molecular formula is C20H23ClN4O4S. The van der Waals surface area contributed by atoms with Crippen LogP contribution >= 0.6 is 11.6 Å². The Labute approximate surface area is 180 Å². The van der Waals surface area contributed by atoms with E-state index < -0.39 is 15.9 Å². The van der Waals surface area contributed by atoms with Gasteiger partial charge in [-0.05, 0) is 56.3 Å². The van der Waals surface area contributed by atoms with Crippen molar-refractivity contribution in [3.63, 3.8) is 0 Å². The lowest BCUT2D eigenvalue weighted by Gasteiger charge is -2.12. The number of hydrogen-bond acceptors (Lipinski definition) is 4. The number of anilines is 2. The summed E-state index contributed by atoms with van der Waals surface area (Å²) in [5, 5.41) is 7.98. The van der Waals surface area contributed by atoms with Crippen LogP contribution in [0.2, 0.25) is 5.02 Å². The summed E-state index contributed by atoms with van der Waals surface area (Å²) in [6.07, 6.45) is 1.56. The molecule has 0 aliphatic rings. The zero-order valence-electron chi connectivity index (χ0n) is 16.5. The summed E-state index contributed by atoms with van der Waals surface area (Å²) in [4.78, 5) is 24.2. The van der Waals surface area contributed by atoms with Crippen molar-refractivity contribution in [2.24, 2.45) is 0 Å². The standard InChI is InChI=1S/C20H23ClN4O4S/c1-4-11-22-20(27)24-15-7-5-14(6-8-15)23-19(26)17-12-16(9-10-18(17)21)30(28,29)25-13(2)3/h4-10,12-13,25H,1,11H2,2-3H3,(H,23,26)(H2,22,24,27). The molecule has 0 spiro atoms. The van der Waals surface area contributed by atoms with E-state index in [1.54, 1.807) is 44.2 Å². The molecule has 0 heterocycles. The quantitative estimate of drug-likeness (QED) is 0.460. The third kappa shape index (κ3) is 6.58. The maximum Gasteiger partial charge on any atom is 0.319 e. The Bertz CT molecular complexity index is 1040. The number of hydrogen-bond donors (Lipinski definition) is 4. The van der Waals surface area contributed by atoms with Gasteiger partial charge in [0.25, 0.3) is 5.91 Å². The lowest BCUT2D eigenvalue weighted by molar-refractivity contribution is 0.102. The summed E-state index contributed by atoms with van der Waals surface area (Å²) in [6.45, 7) is 7.24. The second-order valence-corrected chi connectivity index (χ2v) is 8.69. The molecule has 0 unspecified atom stereocenters. The van der Waals surface area contributed by atoms with Gasteiger partial charge in [0.05, 0.1) is 15.5 Å². The van der Waals surface area contributed by atoms with Gasteiger partial charge in [-0.3, -0.25) is 4.79 Å². The summed E-state index contributed by atoms with van der Waals surface area (Å²) < 4.78 is 27.2. The van der Waals surface area contributed by atoms with Crippen LogP contribution in [0.1, 0.15) is 24.2 Å². The number of sulfonamides is 1. The highest BCUT2D eigenvalue weighted by atomic mass is 35.5. The first-order chi connectivity index (χ1) is 14.1. The fraction of sp³-hybridized carbons (Fsp3) is 0.200. The van der Waals surface area contributed by atoms with Crippen molar-refractivity contribution in [3.05, 3.63) is 65.7 Å². The summed E-state index contributed by atoms with van der Waals surface area (Å²) in [7, 11) is -3.77. The van der Waals surface area contributed by atoms with Crippen LogP contribution in [0.3, 0.4) is 0 Å². The third-order valence-electron chi connectivity index (χ3n) is 3.69. The van der Waals surface area contributed by atoms with E-state index >= 15 is 0 Å². The minimum atomic E-state index is -3.77. The van der Waals surface area contributed by atoms with Crippen LogP contribution in [0, 0.1) is 0 Å². The molecule has 0 atom stereocenters. The Hall–Kier alpha value is -2.88. The van der Waals surface area contributed by atoms with E-state index in [0.717, 1.165) is 0 Å². The second-order valence-electron chi connectivity index (χ2n) is 6.57. The Balaban J connectivity index is 2.13. The van der Waals surface area contributed by atoms with Crippen LogP contribution in [0.4, 0.5) is 16.2 Å². The van der Waals surface area contributed by atoms with E-state index in [9.17, 15) is 18.0 Å². The molecule has 0 aliphatic carbocycles. The molecule has 0 saturated carbocycles. The molecule has 0 radical (unpaired) electrons. The van der Waals surface area contributed by atoms with Crippen molar-refractivity contribution in [3.8, 4) is 0 Å². The summed E-state index contributed by atoms with van der Waals surface area (Å²) in [6, 6.07) is 9.65. The molecule has 0 fully saturated rings. The van der Waals surface area contributed by atoms with Gasteiger partial charge < -0.3 is 16.0 Å². The lowest BCUT2D eigenvalue weighted by atomic mass is 10.2. The monoisotopic (exact) mass is 450 g/mol. The maximum absolute atomic E-state index is 12.6. The van der Waals surface area contributed by atoms with Crippen molar-refractivity contribution in [2.75, 3.05) is 17.2 Å². The second kappa shape index (κ2) is 10.2. The molecule has 0 bridgehead atoms. The van der Waals surface area contributed by atoms with Crippen molar-refractivity contribution < 1.29 is 18.0 Å². The Morgan fingerprint density at radius 3 is 2.23 bits per heavy atom. The Kier molecular flexibility index (Phi) is 7.99. The Morgan fingerprint density at radius 2 is 1.67 bits per heavy atom. The molecule has 160 valence electrons. The minimum Gasteiger partial charge on any atom is -0.334 e. The van der Waals surface area contributed by atoms with Crippen LogP contribution in [0.5, 0.6) is 0 Å². The van der Waals surface area contributed by atoms with E-state index in [4.69, 9.17) is 11.6 Å². The molecule has 8 nitrogen and oxygen atoms in total. The van der Waals surface area contributed by atoms with Crippen molar-refractivity contribution in [2.45, 2.75) is 24.8 Å². The van der Waals surface area contributed by atoms with Gasteiger partial charge in [0.1, 0.15) is 0 Å². The molecule has 30 heavy (non-hydrogen) atoms. The molecule has 3 amide bonds. The summed E-state index contributed by atoms with van der Waals surface area (Å²) >= 11 is 6.10. The molecule has 4 N–H and O–H groups in total. The number of carbonyl (C=O) groups excluding carboxylic acids is 2. The SMILES string of the molecule is C=CCNC(=O)Nc1ccc(NC(=O)c2cc(S(=O)(=O)NC(C)C)ccc2Cl)cc1. The van der Waals surface area contributed by atoms with E-state index in [-0.39, 0.29) is 27.6 Å². The van der Waals surface area contributed by atoms with Crippen LogP contribution < -0.4 is 20.7 Å². The average molecular weight is 451 g/mol. The zero-order valence-corrected chi connectivity index (χ0v) is 18.1. The Morgan fingerprint density at radius 1 is 1.07 bits per heavy atom. The van der Waals surface area contributed by atoms with Gasteiger partial charge >= 0.3 is 6.03 Å². The molecule has 0 aliphatic heterocycles. The highest BCUT2D eigenvalue weighted by Gasteiger charge is 2.19. The van der Waals surface area contributed by atoms with Crippen molar-refractivity contribution in [1.82, 2.24) is 10.0 Å². The molecule has 0 saturated heterocycles. The normalized spacial score (nSPS) is 11.1. The molecule has 2 aromatic rings. The highest BCUT2D eigenvalue weighted by Crippen LogP contribution is 2.22. The van der Waals surface area contributed by atoms with Crippen molar-refractivity contribution >= 4 is 44.9 Å². The molecule has 10 heteroatoms. The van der Waals surface area contributed by atoms with Crippen LogP contribution in [0.25, 0.3) is 0 Å². The number of carbonyl (C=O) groups is 2. The number of urea groups is 1. The maximum atomic E-state index is 12.6. The fourth-order valence-corrected chi connectivity index (χ4v) is 3.88. The number of amides is 3. The van der Waals surface area contributed by atoms with Gasteiger partial charge in [-0.2, -0.15) is 0 Å². The molecular weight excluding hydrogens is 428 g/mol. The fourth-order valence-electron chi connectivity index (χ4n) is 2.40. The largest absolute Gasteiger partial charge is 0.334 e. The van der Waals surface area contributed by atoms with Gasteiger partial charge in [0, 0.05) is 24.0 Å². The van der Waals surface area contributed by atoms with Gasteiger partial charge in [0.2, 0.25) is 10.0 Å². The van der Waals surface area contributed by atoms with Gasteiger partial charge in [-0.15, -0.1) is 6.58 Å². The van der Waals surface area contributed by atoms with Gasteiger partial charge in [-0.25, -0.2) is 17.9 Å². The highest BCUT2D eigenvalue weighted by molar-refractivity contribution is 7.89. The lowest BCUT2D eigenvalue weighted by Crippen LogP contribution is -2.30. The smallest absolute Gasteiger partial charge is 0.319 e. The van der Waals surface area contributed by atoms with Crippen LogP contribution in [-0.4, -0.2) is 32.9 Å². The van der Waals surface area contributed by atoms with E-state index in [1.165, 1.54) is 18.2 Å². The number of rotatable bonds is 8. The van der Waals surface area contributed by atoms with Gasteiger partial charge in [0.15, 0.2) is 0 Å². The zero-order chi connectivity index (χ0) is 22.3. The van der Waals surface area contributed by atoms with Gasteiger partial charge in [-0.1, -0.05) is 17.7 Å². The predicted molar refractivity (Wildman–Crippen MR) is 119 cm³/mol.